The molecule has 38 heavy (non-hydrogen) atoms. The van der Waals surface area contributed by atoms with Crippen LogP contribution in [0.3, 0.4) is 0 Å². The normalized spacial score (nSPS) is 18.2. The lowest BCUT2D eigenvalue weighted by Crippen LogP contribution is -2.29. The molecule has 0 spiro atoms. The average Bonchev–Trinajstić information content (AvgIpc) is 3.59. The highest BCUT2D eigenvalue weighted by Crippen LogP contribution is 2.44. The minimum atomic E-state index is -0.738. The zero-order valence-corrected chi connectivity index (χ0v) is 21.3. The molecule has 6 nitrogen and oxygen atoms in total. The van der Waals surface area contributed by atoms with Gasteiger partial charge in [-0.2, -0.15) is 0 Å². The number of aryl methyl sites for hydroxylation is 1. The molecule has 3 aromatic carbocycles. The number of Topliss-reactive ketones (excluding diaryl/α,β-unsaturated/α-hetero) is 1. The molecular formula is C31H25NO5S. The molecule has 0 saturated carbocycles. The number of aliphatic hydroxyl groups excluding tert-OH is 1. The molecule has 3 heterocycles. The van der Waals surface area contributed by atoms with Crippen LogP contribution in [0.5, 0.6) is 11.5 Å². The number of hydrogen-bond donors (Lipinski definition) is 1. The van der Waals surface area contributed by atoms with E-state index in [9.17, 15) is 14.7 Å². The Hall–Kier alpha value is -4.36. The number of carbonyl (C=O) groups is 2. The summed E-state index contributed by atoms with van der Waals surface area (Å²) < 4.78 is 11.6. The van der Waals surface area contributed by atoms with Crippen LogP contribution in [0.4, 0.5) is 5.69 Å². The van der Waals surface area contributed by atoms with Crippen LogP contribution in [0.1, 0.15) is 34.0 Å². The number of ketones is 1. The number of aliphatic hydroxyl groups is 1. The van der Waals surface area contributed by atoms with Crippen molar-refractivity contribution in [1.82, 2.24) is 0 Å². The van der Waals surface area contributed by atoms with Gasteiger partial charge >= 0.3 is 0 Å². The van der Waals surface area contributed by atoms with Gasteiger partial charge in [0.2, 0.25) is 0 Å². The summed E-state index contributed by atoms with van der Waals surface area (Å²) >= 11 is 1.43. The number of anilines is 1. The number of amides is 1. The number of rotatable bonds is 6. The van der Waals surface area contributed by atoms with Crippen molar-refractivity contribution in [3.8, 4) is 11.5 Å². The molecule has 1 atom stereocenters. The van der Waals surface area contributed by atoms with Gasteiger partial charge in [-0.25, -0.2) is 0 Å². The van der Waals surface area contributed by atoms with Crippen LogP contribution >= 0.6 is 11.3 Å². The van der Waals surface area contributed by atoms with Crippen LogP contribution in [0.15, 0.2) is 95.9 Å². The minimum Gasteiger partial charge on any atom is -0.507 e. The number of benzene rings is 3. The molecule has 0 bridgehead atoms. The first-order chi connectivity index (χ1) is 18.6. The largest absolute Gasteiger partial charge is 0.507 e. The van der Waals surface area contributed by atoms with Crippen LogP contribution in [-0.2, 0) is 22.6 Å². The molecule has 1 aromatic heterocycles. The molecule has 1 unspecified atom stereocenters. The Labute approximate surface area is 224 Å². The number of fused-ring (bicyclic) bond motifs is 1. The van der Waals surface area contributed by atoms with Gasteiger partial charge in [-0.3, -0.25) is 14.5 Å². The average molecular weight is 524 g/mol. The number of nitrogens with zero attached hydrogens (tertiary/aromatic N) is 1. The summed E-state index contributed by atoms with van der Waals surface area (Å²) in [5.74, 6) is -0.125. The number of hydrogen-bond acceptors (Lipinski definition) is 6. The summed E-state index contributed by atoms with van der Waals surface area (Å²) in [5, 5.41) is 13.3. The summed E-state index contributed by atoms with van der Waals surface area (Å²) in [6.07, 6.45) is 1.72. The Kier molecular flexibility index (Phi) is 6.43. The van der Waals surface area contributed by atoms with Crippen molar-refractivity contribution in [2.24, 2.45) is 0 Å². The molecule has 6 rings (SSSR count). The first-order valence-corrected chi connectivity index (χ1v) is 13.4. The predicted octanol–water partition coefficient (Wildman–Crippen LogP) is 6.28. The van der Waals surface area contributed by atoms with Gasteiger partial charge in [-0.05, 0) is 77.9 Å². The Morgan fingerprint density at radius 1 is 1.00 bits per heavy atom. The maximum Gasteiger partial charge on any atom is 0.300 e. The molecule has 4 aromatic rings. The van der Waals surface area contributed by atoms with Crippen molar-refractivity contribution >= 4 is 34.5 Å². The van der Waals surface area contributed by atoms with Crippen molar-refractivity contribution in [3.05, 3.63) is 117 Å². The van der Waals surface area contributed by atoms with E-state index >= 15 is 0 Å². The van der Waals surface area contributed by atoms with E-state index in [0.29, 0.717) is 30.2 Å². The lowest BCUT2D eigenvalue weighted by atomic mass is 9.97. The maximum absolute atomic E-state index is 13.4. The lowest BCUT2D eigenvalue weighted by molar-refractivity contribution is -0.132. The highest BCUT2D eigenvalue weighted by atomic mass is 32.1. The third-order valence-electron chi connectivity index (χ3n) is 6.80. The SMILES string of the molecule is O=C1C(=O)N(c2ccc(OCc3ccccc3)cc2)C(c2cccs2)/C1=C(/O)c1ccc2c(c1)CCCO2. The van der Waals surface area contributed by atoms with Gasteiger partial charge in [0.15, 0.2) is 0 Å². The second kappa shape index (κ2) is 10.2. The van der Waals surface area contributed by atoms with Crippen LogP contribution in [0, 0.1) is 0 Å². The van der Waals surface area contributed by atoms with Crippen molar-refractivity contribution in [2.45, 2.75) is 25.5 Å². The predicted molar refractivity (Wildman–Crippen MR) is 147 cm³/mol. The van der Waals surface area contributed by atoms with Crippen molar-refractivity contribution < 1.29 is 24.2 Å². The van der Waals surface area contributed by atoms with Gasteiger partial charge in [0.25, 0.3) is 11.7 Å². The molecule has 2 aliphatic heterocycles. The maximum atomic E-state index is 13.4. The third kappa shape index (κ3) is 4.46. The summed E-state index contributed by atoms with van der Waals surface area (Å²) in [7, 11) is 0. The first kappa shape index (κ1) is 24.0. The van der Waals surface area contributed by atoms with Crippen LogP contribution in [0.2, 0.25) is 0 Å². The topological polar surface area (TPSA) is 76.1 Å². The number of ether oxygens (including phenoxy) is 2. The second-order valence-electron chi connectivity index (χ2n) is 9.23. The van der Waals surface area contributed by atoms with Gasteiger partial charge in [-0.15, -0.1) is 11.3 Å². The number of carbonyl (C=O) groups excluding carboxylic acids is 2. The summed E-state index contributed by atoms with van der Waals surface area (Å²) in [4.78, 5) is 29.0. The lowest BCUT2D eigenvalue weighted by Gasteiger charge is -2.24. The van der Waals surface area contributed by atoms with Crippen LogP contribution in [-0.4, -0.2) is 23.4 Å². The monoisotopic (exact) mass is 523 g/mol. The van der Waals surface area contributed by atoms with Gasteiger partial charge < -0.3 is 14.6 Å². The Morgan fingerprint density at radius 3 is 2.58 bits per heavy atom. The van der Waals surface area contributed by atoms with Crippen molar-refractivity contribution in [1.29, 1.82) is 0 Å². The smallest absolute Gasteiger partial charge is 0.300 e. The molecule has 1 N–H and O–H groups in total. The van der Waals surface area contributed by atoms with Crippen molar-refractivity contribution in [3.63, 3.8) is 0 Å². The molecule has 7 heteroatoms. The van der Waals surface area contributed by atoms with Gasteiger partial charge in [0.1, 0.15) is 29.9 Å². The Balaban J connectivity index is 1.35. The molecule has 1 fully saturated rings. The molecular weight excluding hydrogens is 498 g/mol. The quantitative estimate of drug-likeness (QED) is 0.183. The van der Waals surface area contributed by atoms with Crippen LogP contribution < -0.4 is 14.4 Å². The van der Waals surface area contributed by atoms with Gasteiger partial charge in [0.05, 0.1) is 12.2 Å². The highest BCUT2D eigenvalue weighted by molar-refractivity contribution is 7.10. The van der Waals surface area contributed by atoms with Gasteiger partial charge in [-0.1, -0.05) is 36.4 Å². The van der Waals surface area contributed by atoms with E-state index in [-0.39, 0.29) is 11.3 Å². The zero-order valence-electron chi connectivity index (χ0n) is 20.5. The van der Waals surface area contributed by atoms with E-state index in [1.807, 2.05) is 60.0 Å². The van der Waals surface area contributed by atoms with E-state index in [1.165, 1.54) is 16.2 Å². The first-order valence-electron chi connectivity index (χ1n) is 12.5. The van der Waals surface area contributed by atoms with Crippen molar-refractivity contribution in [2.75, 3.05) is 11.5 Å². The molecule has 1 saturated heterocycles. The highest BCUT2D eigenvalue weighted by Gasteiger charge is 2.47. The fourth-order valence-electron chi connectivity index (χ4n) is 4.92. The fourth-order valence-corrected chi connectivity index (χ4v) is 5.75. The van der Waals surface area contributed by atoms with E-state index < -0.39 is 17.7 Å². The zero-order chi connectivity index (χ0) is 26.1. The molecule has 2 aliphatic rings. The molecule has 190 valence electrons. The molecule has 0 aliphatic carbocycles. The van der Waals surface area contributed by atoms with Crippen LogP contribution in [0.25, 0.3) is 5.76 Å². The number of thiophene rings is 1. The molecule has 1 amide bonds. The third-order valence-corrected chi connectivity index (χ3v) is 7.73. The summed E-state index contributed by atoms with van der Waals surface area (Å²) in [6.45, 7) is 1.09. The second-order valence-corrected chi connectivity index (χ2v) is 10.2. The minimum absolute atomic E-state index is 0.0820. The van der Waals surface area contributed by atoms with E-state index in [0.717, 1.165) is 34.6 Å². The Morgan fingerprint density at radius 2 is 1.82 bits per heavy atom. The fraction of sp³-hybridized carbons (Fsp3) is 0.161. The summed E-state index contributed by atoms with van der Waals surface area (Å²) in [6, 6.07) is 25.4. The summed E-state index contributed by atoms with van der Waals surface area (Å²) in [5.41, 5.74) is 3.16. The Bertz CT molecular complexity index is 1510. The van der Waals surface area contributed by atoms with E-state index in [2.05, 4.69) is 0 Å². The standard InChI is InChI=1S/C31H25NO5S/c33-29(22-10-15-25-21(18-22)8-4-16-36-25)27-28(26-9-5-17-38-26)32(31(35)30(27)34)23-11-13-24(14-12-23)37-19-20-6-2-1-3-7-20/h1-3,5-7,9-15,17-18,28,33H,4,8,16,19H2/b29-27-. The van der Waals surface area contributed by atoms with Gasteiger partial charge in [0, 0.05) is 16.1 Å². The molecule has 0 radical (unpaired) electrons. The van der Waals surface area contributed by atoms with E-state index in [4.69, 9.17) is 9.47 Å². The van der Waals surface area contributed by atoms with E-state index in [1.54, 1.807) is 30.3 Å².